The predicted octanol–water partition coefficient (Wildman–Crippen LogP) is 2.09. The van der Waals surface area contributed by atoms with Crippen LogP contribution in [0.25, 0.3) is 11.4 Å². The third-order valence-electron chi connectivity index (χ3n) is 4.69. The molecule has 4 heterocycles. The van der Waals surface area contributed by atoms with Crippen LogP contribution in [0.4, 0.5) is 5.82 Å². The Hall–Kier alpha value is -2.87. The summed E-state index contributed by atoms with van der Waals surface area (Å²) >= 11 is 0. The molecule has 3 N–H and O–H groups in total. The molecule has 1 aliphatic rings. The highest BCUT2D eigenvalue weighted by Gasteiger charge is 2.17. The molecular formula is C19H24N8. The molecule has 27 heavy (non-hydrogen) atoms. The summed E-state index contributed by atoms with van der Waals surface area (Å²) < 4.78 is 0. The molecule has 0 spiro atoms. The summed E-state index contributed by atoms with van der Waals surface area (Å²) in [5.41, 5.74) is 2.03. The van der Waals surface area contributed by atoms with Crippen molar-refractivity contribution in [2.75, 3.05) is 25.0 Å². The highest BCUT2D eigenvalue weighted by molar-refractivity contribution is 5.52. The number of anilines is 1. The van der Waals surface area contributed by atoms with E-state index in [0.29, 0.717) is 11.7 Å². The summed E-state index contributed by atoms with van der Waals surface area (Å²) in [6, 6.07) is 5.90. The van der Waals surface area contributed by atoms with Crippen molar-refractivity contribution in [3.63, 3.8) is 0 Å². The van der Waals surface area contributed by atoms with Gasteiger partial charge < -0.3 is 10.6 Å². The summed E-state index contributed by atoms with van der Waals surface area (Å²) in [5, 5.41) is 14.1. The second-order valence-electron chi connectivity index (χ2n) is 6.79. The number of H-pyrrole nitrogens is 1. The highest BCUT2D eigenvalue weighted by Crippen LogP contribution is 2.23. The smallest absolute Gasteiger partial charge is 0.182 e. The van der Waals surface area contributed by atoms with Crippen molar-refractivity contribution < 1.29 is 0 Å². The third-order valence-corrected chi connectivity index (χ3v) is 4.69. The van der Waals surface area contributed by atoms with Gasteiger partial charge in [-0.05, 0) is 38.4 Å². The number of aromatic amines is 1. The zero-order chi connectivity index (χ0) is 18.5. The van der Waals surface area contributed by atoms with Gasteiger partial charge in [0, 0.05) is 49.5 Å². The molecule has 3 aromatic rings. The standard InChI is InChI=1S/C19H24N8/c1-13-23-16(14-4-2-7-20-11-14)10-18(24-13)22-9-6-17-25-19(27-26-17)15-5-3-8-21-12-15/h3,5,8,10,12,14,20H,2,4,6-7,9,11H2,1H3,(H,22,23,24)(H,25,26,27)/t14-/m1/s1. The van der Waals surface area contributed by atoms with Gasteiger partial charge >= 0.3 is 0 Å². The second kappa shape index (κ2) is 8.22. The van der Waals surface area contributed by atoms with Crippen molar-refractivity contribution in [2.24, 2.45) is 0 Å². The summed E-state index contributed by atoms with van der Waals surface area (Å²) in [6.45, 7) is 4.76. The number of rotatable bonds is 6. The van der Waals surface area contributed by atoms with E-state index in [-0.39, 0.29) is 0 Å². The van der Waals surface area contributed by atoms with E-state index in [4.69, 9.17) is 0 Å². The molecule has 0 unspecified atom stereocenters. The van der Waals surface area contributed by atoms with Crippen LogP contribution in [0, 0.1) is 6.92 Å². The molecule has 3 aromatic heterocycles. The molecule has 0 radical (unpaired) electrons. The minimum atomic E-state index is 0.470. The summed E-state index contributed by atoms with van der Waals surface area (Å²) in [5.74, 6) is 3.65. The number of piperidine rings is 1. The fourth-order valence-electron chi connectivity index (χ4n) is 3.33. The minimum Gasteiger partial charge on any atom is -0.370 e. The van der Waals surface area contributed by atoms with Crippen LogP contribution >= 0.6 is 0 Å². The van der Waals surface area contributed by atoms with Gasteiger partial charge in [0.15, 0.2) is 5.82 Å². The first kappa shape index (κ1) is 17.5. The van der Waals surface area contributed by atoms with E-state index >= 15 is 0 Å². The Balaban J connectivity index is 1.36. The predicted molar refractivity (Wildman–Crippen MR) is 103 cm³/mol. The second-order valence-corrected chi connectivity index (χ2v) is 6.79. The largest absolute Gasteiger partial charge is 0.370 e. The maximum atomic E-state index is 4.64. The van der Waals surface area contributed by atoms with Gasteiger partial charge in [0.05, 0.1) is 5.69 Å². The van der Waals surface area contributed by atoms with E-state index in [1.807, 2.05) is 19.1 Å². The van der Waals surface area contributed by atoms with E-state index in [1.54, 1.807) is 12.4 Å². The monoisotopic (exact) mass is 364 g/mol. The van der Waals surface area contributed by atoms with Gasteiger partial charge in [-0.25, -0.2) is 15.0 Å². The average molecular weight is 364 g/mol. The molecule has 1 atom stereocenters. The van der Waals surface area contributed by atoms with E-state index < -0.39 is 0 Å². The van der Waals surface area contributed by atoms with Crippen molar-refractivity contribution >= 4 is 5.82 Å². The number of nitrogens with zero attached hydrogens (tertiary/aromatic N) is 5. The van der Waals surface area contributed by atoms with Gasteiger partial charge in [-0.1, -0.05) is 0 Å². The first-order valence-electron chi connectivity index (χ1n) is 9.40. The van der Waals surface area contributed by atoms with Crippen molar-refractivity contribution in [3.8, 4) is 11.4 Å². The zero-order valence-corrected chi connectivity index (χ0v) is 15.4. The van der Waals surface area contributed by atoms with Crippen LogP contribution in [-0.4, -0.2) is 49.8 Å². The van der Waals surface area contributed by atoms with E-state index in [1.165, 1.54) is 12.8 Å². The minimum absolute atomic E-state index is 0.470. The molecule has 0 aliphatic carbocycles. The lowest BCUT2D eigenvalue weighted by molar-refractivity contribution is 0.453. The molecule has 8 heteroatoms. The van der Waals surface area contributed by atoms with Crippen molar-refractivity contribution in [2.45, 2.75) is 32.1 Å². The van der Waals surface area contributed by atoms with E-state index in [2.05, 4.69) is 46.8 Å². The molecule has 1 fully saturated rings. The van der Waals surface area contributed by atoms with Crippen LogP contribution in [0.3, 0.4) is 0 Å². The molecule has 4 rings (SSSR count). The number of pyridine rings is 1. The Morgan fingerprint density at radius 2 is 2.22 bits per heavy atom. The van der Waals surface area contributed by atoms with E-state index in [9.17, 15) is 0 Å². The molecule has 1 saturated heterocycles. The Bertz CT molecular complexity index is 870. The Labute approximate surface area is 158 Å². The summed E-state index contributed by atoms with van der Waals surface area (Å²) in [7, 11) is 0. The Morgan fingerprint density at radius 1 is 1.26 bits per heavy atom. The maximum Gasteiger partial charge on any atom is 0.182 e. The molecular weight excluding hydrogens is 340 g/mol. The van der Waals surface area contributed by atoms with Crippen LogP contribution < -0.4 is 10.6 Å². The SMILES string of the molecule is Cc1nc(NCCc2nc(-c3cccnc3)n[nH]2)cc([C@@H]2CCCNC2)n1. The van der Waals surface area contributed by atoms with Crippen LogP contribution in [0.2, 0.25) is 0 Å². The lowest BCUT2D eigenvalue weighted by Gasteiger charge is -2.22. The average Bonchev–Trinajstić information content (AvgIpc) is 3.18. The number of aryl methyl sites for hydroxylation is 1. The van der Waals surface area contributed by atoms with E-state index in [0.717, 1.165) is 54.8 Å². The summed E-state index contributed by atoms with van der Waals surface area (Å²) in [4.78, 5) is 17.8. The topological polar surface area (TPSA) is 104 Å². The van der Waals surface area contributed by atoms with Crippen LogP contribution in [-0.2, 0) is 6.42 Å². The highest BCUT2D eigenvalue weighted by atomic mass is 15.2. The number of nitrogens with one attached hydrogen (secondary N) is 3. The molecule has 1 aliphatic heterocycles. The van der Waals surface area contributed by atoms with Crippen LogP contribution in [0.5, 0.6) is 0 Å². The van der Waals surface area contributed by atoms with Gasteiger partial charge in [-0.15, -0.1) is 0 Å². The lowest BCUT2D eigenvalue weighted by Crippen LogP contribution is -2.29. The van der Waals surface area contributed by atoms with Crippen molar-refractivity contribution in [3.05, 3.63) is 47.9 Å². The lowest BCUT2D eigenvalue weighted by atomic mass is 9.96. The van der Waals surface area contributed by atoms with Gasteiger partial charge in [-0.2, -0.15) is 5.10 Å². The zero-order valence-electron chi connectivity index (χ0n) is 15.4. The molecule has 140 valence electrons. The van der Waals surface area contributed by atoms with Crippen molar-refractivity contribution in [1.29, 1.82) is 0 Å². The van der Waals surface area contributed by atoms with Gasteiger partial charge in [0.2, 0.25) is 0 Å². The normalized spacial score (nSPS) is 17.0. The first-order valence-corrected chi connectivity index (χ1v) is 9.40. The number of hydrogen-bond acceptors (Lipinski definition) is 7. The fourth-order valence-corrected chi connectivity index (χ4v) is 3.33. The van der Waals surface area contributed by atoms with Gasteiger partial charge in [0.25, 0.3) is 0 Å². The molecule has 0 saturated carbocycles. The van der Waals surface area contributed by atoms with Gasteiger partial charge in [-0.3, -0.25) is 10.1 Å². The Kier molecular flexibility index (Phi) is 5.34. The first-order chi connectivity index (χ1) is 13.3. The van der Waals surface area contributed by atoms with Crippen molar-refractivity contribution in [1.82, 2.24) is 35.5 Å². The Morgan fingerprint density at radius 3 is 3.04 bits per heavy atom. The third kappa shape index (κ3) is 4.46. The molecule has 0 bridgehead atoms. The van der Waals surface area contributed by atoms with Crippen LogP contribution in [0.15, 0.2) is 30.6 Å². The van der Waals surface area contributed by atoms with Gasteiger partial charge in [0.1, 0.15) is 17.5 Å². The molecule has 0 amide bonds. The molecule has 8 nitrogen and oxygen atoms in total. The number of aromatic nitrogens is 6. The fraction of sp³-hybridized carbons (Fsp3) is 0.421. The quantitative estimate of drug-likeness (QED) is 0.615. The maximum absolute atomic E-state index is 4.64. The molecule has 0 aromatic carbocycles. The number of hydrogen-bond donors (Lipinski definition) is 3. The summed E-state index contributed by atoms with van der Waals surface area (Å²) in [6.07, 6.45) is 6.61. The van der Waals surface area contributed by atoms with Crippen LogP contribution in [0.1, 0.15) is 36.1 Å².